The lowest BCUT2D eigenvalue weighted by molar-refractivity contribution is -0.132. The Morgan fingerprint density at radius 1 is 1.17 bits per heavy atom. The quantitative estimate of drug-likeness (QED) is 0.822. The number of ether oxygens (including phenoxy) is 1. The second-order valence-corrected chi connectivity index (χ2v) is 5.90. The van der Waals surface area contributed by atoms with E-state index in [9.17, 15) is 4.79 Å². The molecule has 7 nitrogen and oxygen atoms in total. The Morgan fingerprint density at radius 3 is 2.46 bits per heavy atom. The predicted octanol–water partition coefficient (Wildman–Crippen LogP) is 1.27. The van der Waals surface area contributed by atoms with Crippen molar-refractivity contribution in [3.05, 3.63) is 41.6 Å². The zero-order chi connectivity index (χ0) is 16.9. The first-order valence-corrected chi connectivity index (χ1v) is 8.06. The lowest BCUT2D eigenvalue weighted by Gasteiger charge is -2.34. The van der Waals surface area contributed by atoms with E-state index < -0.39 is 0 Å². The van der Waals surface area contributed by atoms with E-state index in [0.29, 0.717) is 24.7 Å². The Balaban J connectivity index is 1.47. The number of aromatic nitrogens is 2. The van der Waals surface area contributed by atoms with Gasteiger partial charge in [-0.2, -0.15) is 0 Å². The molecular weight excluding hydrogens is 308 g/mol. The van der Waals surface area contributed by atoms with Crippen LogP contribution in [0.1, 0.15) is 17.3 Å². The summed E-state index contributed by atoms with van der Waals surface area (Å²) >= 11 is 0. The van der Waals surface area contributed by atoms with Crippen molar-refractivity contribution in [2.75, 3.05) is 33.3 Å². The van der Waals surface area contributed by atoms with Crippen molar-refractivity contribution < 1.29 is 13.9 Å². The van der Waals surface area contributed by atoms with Crippen LogP contribution in [-0.4, -0.2) is 59.2 Å². The third-order valence-corrected chi connectivity index (χ3v) is 4.17. The topological polar surface area (TPSA) is 71.7 Å². The molecule has 0 saturated carbocycles. The molecular formula is C17H22N4O3. The van der Waals surface area contributed by atoms with Crippen LogP contribution in [-0.2, 0) is 17.8 Å². The van der Waals surface area contributed by atoms with Gasteiger partial charge < -0.3 is 14.1 Å². The molecule has 0 aliphatic carbocycles. The van der Waals surface area contributed by atoms with Crippen LogP contribution in [0.5, 0.6) is 5.75 Å². The summed E-state index contributed by atoms with van der Waals surface area (Å²) in [6.45, 7) is 5.50. The molecule has 0 unspecified atom stereocenters. The zero-order valence-corrected chi connectivity index (χ0v) is 14.1. The third kappa shape index (κ3) is 4.11. The molecule has 7 heteroatoms. The second-order valence-electron chi connectivity index (χ2n) is 5.90. The molecule has 1 saturated heterocycles. The van der Waals surface area contributed by atoms with Gasteiger partial charge in [0.2, 0.25) is 17.7 Å². The van der Waals surface area contributed by atoms with Crippen LogP contribution < -0.4 is 4.74 Å². The molecule has 128 valence electrons. The van der Waals surface area contributed by atoms with Crippen LogP contribution in [0.4, 0.5) is 0 Å². The summed E-state index contributed by atoms with van der Waals surface area (Å²) in [5.74, 6) is 2.17. The number of nitrogens with zero attached hydrogens (tertiary/aromatic N) is 4. The molecule has 24 heavy (non-hydrogen) atoms. The highest BCUT2D eigenvalue weighted by Crippen LogP contribution is 2.13. The first kappa shape index (κ1) is 16.4. The number of carbonyl (C=O) groups is 1. The maximum Gasteiger partial charge on any atom is 0.230 e. The standard InChI is InChI=1S/C17H22N4O3/c1-13-18-19-16(24-13)12-20-7-9-21(10-8-20)17(22)11-14-3-5-15(23-2)6-4-14/h3-6H,7-12H2,1-2H3. The van der Waals surface area contributed by atoms with Gasteiger partial charge in [0, 0.05) is 33.1 Å². The molecule has 2 heterocycles. The van der Waals surface area contributed by atoms with Crippen molar-refractivity contribution in [1.82, 2.24) is 20.0 Å². The van der Waals surface area contributed by atoms with Crippen LogP contribution in [0.2, 0.25) is 0 Å². The maximum atomic E-state index is 12.4. The summed E-state index contributed by atoms with van der Waals surface area (Å²) in [6.07, 6.45) is 0.423. The van der Waals surface area contributed by atoms with E-state index in [1.54, 1.807) is 14.0 Å². The summed E-state index contributed by atoms with van der Waals surface area (Å²) in [5.41, 5.74) is 1.00. The minimum Gasteiger partial charge on any atom is -0.497 e. The first-order valence-electron chi connectivity index (χ1n) is 8.06. The zero-order valence-electron chi connectivity index (χ0n) is 14.1. The fourth-order valence-electron chi connectivity index (χ4n) is 2.78. The van der Waals surface area contributed by atoms with Gasteiger partial charge in [0.25, 0.3) is 0 Å². The van der Waals surface area contributed by atoms with Crippen molar-refractivity contribution in [2.45, 2.75) is 19.9 Å². The van der Waals surface area contributed by atoms with Gasteiger partial charge in [-0.3, -0.25) is 9.69 Å². The van der Waals surface area contributed by atoms with Crippen LogP contribution >= 0.6 is 0 Å². The molecule has 0 bridgehead atoms. The number of benzene rings is 1. The fourth-order valence-corrected chi connectivity index (χ4v) is 2.78. The Bertz CT molecular complexity index is 675. The molecule has 1 amide bonds. The average Bonchev–Trinajstić information content (AvgIpc) is 3.01. The van der Waals surface area contributed by atoms with E-state index in [2.05, 4.69) is 15.1 Å². The molecule has 1 aliphatic heterocycles. The van der Waals surface area contributed by atoms with Gasteiger partial charge in [0.1, 0.15) is 5.75 Å². The van der Waals surface area contributed by atoms with Gasteiger partial charge in [-0.15, -0.1) is 10.2 Å². The number of hydrogen-bond donors (Lipinski definition) is 0. The highest BCUT2D eigenvalue weighted by molar-refractivity contribution is 5.78. The molecule has 3 rings (SSSR count). The number of carbonyl (C=O) groups excluding carboxylic acids is 1. The van der Waals surface area contributed by atoms with Crippen LogP contribution in [0, 0.1) is 6.92 Å². The second kappa shape index (κ2) is 7.44. The maximum absolute atomic E-state index is 12.4. The van der Waals surface area contributed by atoms with Gasteiger partial charge in [-0.05, 0) is 17.7 Å². The lowest BCUT2D eigenvalue weighted by atomic mass is 10.1. The summed E-state index contributed by atoms with van der Waals surface area (Å²) in [4.78, 5) is 16.6. The Kier molecular flexibility index (Phi) is 5.10. The van der Waals surface area contributed by atoms with E-state index in [1.807, 2.05) is 29.2 Å². The van der Waals surface area contributed by atoms with E-state index >= 15 is 0 Å². The fraction of sp³-hybridized carbons (Fsp3) is 0.471. The average molecular weight is 330 g/mol. The molecule has 0 spiro atoms. The van der Waals surface area contributed by atoms with Crippen LogP contribution in [0.15, 0.2) is 28.7 Å². The molecule has 0 N–H and O–H groups in total. The van der Waals surface area contributed by atoms with E-state index in [-0.39, 0.29) is 5.91 Å². The minimum absolute atomic E-state index is 0.161. The van der Waals surface area contributed by atoms with E-state index in [1.165, 1.54) is 0 Å². The number of piperazine rings is 1. The van der Waals surface area contributed by atoms with Gasteiger partial charge in [0.05, 0.1) is 20.1 Å². The van der Waals surface area contributed by atoms with E-state index in [0.717, 1.165) is 37.5 Å². The predicted molar refractivity (Wildman–Crippen MR) is 87.6 cm³/mol. The van der Waals surface area contributed by atoms with Gasteiger partial charge in [0.15, 0.2) is 0 Å². The van der Waals surface area contributed by atoms with Crippen molar-refractivity contribution in [3.63, 3.8) is 0 Å². The van der Waals surface area contributed by atoms with Gasteiger partial charge >= 0.3 is 0 Å². The Morgan fingerprint density at radius 2 is 1.88 bits per heavy atom. The molecule has 1 aliphatic rings. The Hall–Kier alpha value is -2.41. The molecule has 1 fully saturated rings. The van der Waals surface area contributed by atoms with Crippen molar-refractivity contribution in [1.29, 1.82) is 0 Å². The largest absolute Gasteiger partial charge is 0.497 e. The third-order valence-electron chi connectivity index (χ3n) is 4.17. The van der Waals surface area contributed by atoms with Crippen LogP contribution in [0.3, 0.4) is 0 Å². The molecule has 1 aromatic carbocycles. The van der Waals surface area contributed by atoms with Crippen molar-refractivity contribution in [3.8, 4) is 5.75 Å². The smallest absolute Gasteiger partial charge is 0.230 e. The Labute approximate surface area is 141 Å². The first-order chi connectivity index (χ1) is 11.6. The minimum atomic E-state index is 0.161. The number of methoxy groups -OCH3 is 1. The van der Waals surface area contributed by atoms with Gasteiger partial charge in [-0.1, -0.05) is 12.1 Å². The highest BCUT2D eigenvalue weighted by Gasteiger charge is 2.22. The van der Waals surface area contributed by atoms with Crippen molar-refractivity contribution in [2.24, 2.45) is 0 Å². The summed E-state index contributed by atoms with van der Waals surface area (Å²) < 4.78 is 10.5. The number of hydrogen-bond acceptors (Lipinski definition) is 6. The summed E-state index contributed by atoms with van der Waals surface area (Å²) in [6, 6.07) is 7.63. The van der Waals surface area contributed by atoms with Crippen molar-refractivity contribution >= 4 is 5.91 Å². The normalized spacial score (nSPS) is 15.5. The highest BCUT2D eigenvalue weighted by atomic mass is 16.5. The van der Waals surface area contributed by atoms with Crippen LogP contribution in [0.25, 0.3) is 0 Å². The SMILES string of the molecule is COc1ccc(CC(=O)N2CCN(Cc3nnc(C)o3)CC2)cc1. The number of amides is 1. The monoisotopic (exact) mass is 330 g/mol. The molecule has 0 atom stereocenters. The number of aryl methyl sites for hydroxylation is 1. The summed E-state index contributed by atoms with van der Waals surface area (Å²) in [7, 11) is 1.63. The number of rotatable bonds is 5. The molecule has 0 radical (unpaired) electrons. The van der Waals surface area contributed by atoms with E-state index in [4.69, 9.17) is 9.15 Å². The van der Waals surface area contributed by atoms with Gasteiger partial charge in [-0.25, -0.2) is 0 Å². The molecule has 2 aromatic rings. The lowest BCUT2D eigenvalue weighted by Crippen LogP contribution is -2.48. The molecule has 1 aromatic heterocycles. The summed E-state index contributed by atoms with van der Waals surface area (Å²) in [5, 5.41) is 7.85.